The lowest BCUT2D eigenvalue weighted by atomic mass is 9.98. The van der Waals surface area contributed by atoms with E-state index in [0.717, 1.165) is 38.0 Å². The highest BCUT2D eigenvalue weighted by Gasteiger charge is 2.15. The SMILES string of the molecule is c1ccc2c(c1)oc1ccc(-c3ccc(-c4nc5sc6ccccc6c5c5ccccc45)cc3)cc12. The number of nitrogens with zero attached hydrogens (tertiary/aromatic N) is 1. The van der Waals surface area contributed by atoms with E-state index in [1.54, 1.807) is 11.3 Å². The van der Waals surface area contributed by atoms with Crippen molar-refractivity contribution in [3.05, 3.63) is 115 Å². The van der Waals surface area contributed by atoms with Crippen molar-refractivity contribution >= 4 is 64.4 Å². The molecule has 0 fully saturated rings. The van der Waals surface area contributed by atoms with Gasteiger partial charge in [-0.3, -0.25) is 0 Å². The maximum Gasteiger partial charge on any atom is 0.135 e. The van der Waals surface area contributed by atoms with E-state index in [1.807, 2.05) is 12.1 Å². The lowest BCUT2D eigenvalue weighted by Crippen LogP contribution is -1.88. The molecule has 0 aliphatic rings. The van der Waals surface area contributed by atoms with Gasteiger partial charge >= 0.3 is 0 Å². The first-order valence-electron chi connectivity index (χ1n) is 12.1. The van der Waals surface area contributed by atoms with Crippen LogP contribution >= 0.6 is 11.3 Å². The molecule has 2 nitrogen and oxygen atoms in total. The van der Waals surface area contributed by atoms with Crippen molar-refractivity contribution < 1.29 is 4.42 Å². The van der Waals surface area contributed by atoms with Gasteiger partial charge in [0.15, 0.2) is 0 Å². The Morgan fingerprint density at radius 1 is 0.500 bits per heavy atom. The van der Waals surface area contributed by atoms with Crippen LogP contribution in [0.3, 0.4) is 0 Å². The molecular formula is C33H19NOS. The number of hydrogen-bond acceptors (Lipinski definition) is 3. The summed E-state index contributed by atoms with van der Waals surface area (Å²) in [5.41, 5.74) is 6.37. The molecule has 3 heterocycles. The van der Waals surface area contributed by atoms with E-state index in [2.05, 4.69) is 103 Å². The van der Waals surface area contributed by atoms with Gasteiger partial charge in [-0.2, -0.15) is 0 Å². The summed E-state index contributed by atoms with van der Waals surface area (Å²) in [5, 5.41) is 7.29. The van der Waals surface area contributed by atoms with E-state index in [4.69, 9.17) is 9.40 Å². The van der Waals surface area contributed by atoms with Crippen LogP contribution in [0.5, 0.6) is 0 Å². The van der Waals surface area contributed by atoms with E-state index >= 15 is 0 Å². The molecule has 0 saturated heterocycles. The Labute approximate surface area is 211 Å². The molecule has 0 spiro atoms. The monoisotopic (exact) mass is 477 g/mol. The Balaban J connectivity index is 1.28. The second kappa shape index (κ2) is 7.51. The summed E-state index contributed by atoms with van der Waals surface area (Å²) in [6.07, 6.45) is 0. The van der Waals surface area contributed by atoms with Gasteiger partial charge in [0, 0.05) is 37.2 Å². The average molecular weight is 478 g/mol. The molecule has 8 rings (SSSR count). The van der Waals surface area contributed by atoms with E-state index in [0.29, 0.717) is 0 Å². The highest BCUT2D eigenvalue weighted by atomic mass is 32.1. The molecule has 168 valence electrons. The molecule has 0 bridgehead atoms. The second-order valence-corrected chi connectivity index (χ2v) is 10.2. The van der Waals surface area contributed by atoms with Crippen molar-refractivity contribution in [2.24, 2.45) is 0 Å². The first-order valence-corrected chi connectivity index (χ1v) is 12.9. The second-order valence-electron chi connectivity index (χ2n) is 9.17. The normalized spacial score (nSPS) is 11.9. The number of benzene rings is 5. The van der Waals surface area contributed by atoms with Gasteiger partial charge in [-0.25, -0.2) is 4.98 Å². The van der Waals surface area contributed by atoms with Gasteiger partial charge < -0.3 is 4.42 Å². The third-order valence-electron chi connectivity index (χ3n) is 7.11. The molecule has 8 aromatic rings. The minimum atomic E-state index is 0.920. The number of rotatable bonds is 2. The number of thiophene rings is 1. The number of pyridine rings is 1. The van der Waals surface area contributed by atoms with Crippen LogP contribution in [0.15, 0.2) is 120 Å². The largest absolute Gasteiger partial charge is 0.456 e. The molecular weight excluding hydrogens is 458 g/mol. The van der Waals surface area contributed by atoms with Gasteiger partial charge in [0.1, 0.15) is 16.0 Å². The van der Waals surface area contributed by atoms with Crippen molar-refractivity contribution in [2.75, 3.05) is 0 Å². The summed E-state index contributed by atoms with van der Waals surface area (Å²) in [4.78, 5) is 6.28. The van der Waals surface area contributed by atoms with Gasteiger partial charge in [-0.05, 0) is 40.8 Å². The van der Waals surface area contributed by atoms with Crippen molar-refractivity contribution in [1.29, 1.82) is 0 Å². The molecule has 0 amide bonds. The fraction of sp³-hybridized carbons (Fsp3) is 0. The number of furan rings is 1. The number of fused-ring (bicyclic) bond motifs is 8. The lowest BCUT2D eigenvalue weighted by Gasteiger charge is -2.09. The zero-order chi connectivity index (χ0) is 23.6. The number of para-hydroxylation sites is 1. The standard InChI is InChI=1S/C33H19NOS/c1-2-9-25-24(8-1)31-26-10-4-6-12-30(26)36-33(31)34-32(25)21-15-13-20(14-16-21)22-17-18-29-27(19-22)23-7-3-5-11-28(23)35-29/h1-19H. The van der Waals surface area contributed by atoms with Gasteiger partial charge in [-0.1, -0.05) is 91.0 Å². The van der Waals surface area contributed by atoms with Crippen LogP contribution in [-0.2, 0) is 0 Å². The maximum absolute atomic E-state index is 6.01. The smallest absolute Gasteiger partial charge is 0.135 e. The molecule has 0 N–H and O–H groups in total. The van der Waals surface area contributed by atoms with E-state index in [1.165, 1.54) is 37.4 Å². The molecule has 0 aliphatic carbocycles. The third kappa shape index (κ3) is 2.87. The Hall–Kier alpha value is -4.47. The minimum Gasteiger partial charge on any atom is -0.456 e. The summed E-state index contributed by atoms with van der Waals surface area (Å²) in [7, 11) is 0. The van der Waals surface area contributed by atoms with Gasteiger partial charge in [-0.15, -0.1) is 11.3 Å². The van der Waals surface area contributed by atoms with Crippen LogP contribution in [0.1, 0.15) is 0 Å². The van der Waals surface area contributed by atoms with Crippen LogP contribution in [0.4, 0.5) is 0 Å². The Morgan fingerprint density at radius 3 is 2.00 bits per heavy atom. The quantitative estimate of drug-likeness (QED) is 0.248. The first-order chi connectivity index (χ1) is 17.8. The molecule has 0 atom stereocenters. The lowest BCUT2D eigenvalue weighted by molar-refractivity contribution is 0.669. The summed E-state index contributed by atoms with van der Waals surface area (Å²) < 4.78 is 7.29. The topological polar surface area (TPSA) is 26.0 Å². The van der Waals surface area contributed by atoms with Crippen molar-refractivity contribution in [2.45, 2.75) is 0 Å². The van der Waals surface area contributed by atoms with Crippen LogP contribution in [0, 0.1) is 0 Å². The first kappa shape index (κ1) is 19.8. The summed E-state index contributed by atoms with van der Waals surface area (Å²) >= 11 is 1.77. The summed E-state index contributed by atoms with van der Waals surface area (Å²) in [6, 6.07) is 40.7. The zero-order valence-corrected chi connectivity index (χ0v) is 20.0. The Bertz CT molecular complexity index is 2100. The predicted molar refractivity (Wildman–Crippen MR) is 153 cm³/mol. The molecule has 0 aliphatic heterocycles. The minimum absolute atomic E-state index is 0.920. The molecule has 36 heavy (non-hydrogen) atoms. The molecule has 5 aromatic carbocycles. The van der Waals surface area contributed by atoms with Crippen molar-refractivity contribution in [1.82, 2.24) is 4.98 Å². The van der Waals surface area contributed by atoms with Crippen LogP contribution in [0.2, 0.25) is 0 Å². The fourth-order valence-electron chi connectivity index (χ4n) is 5.39. The van der Waals surface area contributed by atoms with E-state index in [9.17, 15) is 0 Å². The van der Waals surface area contributed by atoms with Crippen LogP contribution < -0.4 is 0 Å². The van der Waals surface area contributed by atoms with Crippen molar-refractivity contribution in [3.63, 3.8) is 0 Å². The summed E-state index contributed by atoms with van der Waals surface area (Å²) in [5.74, 6) is 0. The van der Waals surface area contributed by atoms with Gasteiger partial charge in [0.2, 0.25) is 0 Å². The van der Waals surface area contributed by atoms with E-state index < -0.39 is 0 Å². The van der Waals surface area contributed by atoms with Crippen LogP contribution in [-0.4, -0.2) is 4.98 Å². The molecule has 0 radical (unpaired) electrons. The molecule has 0 unspecified atom stereocenters. The average Bonchev–Trinajstić information content (AvgIpc) is 3.50. The highest BCUT2D eigenvalue weighted by molar-refractivity contribution is 7.25. The van der Waals surface area contributed by atoms with Gasteiger partial charge in [0.05, 0.1) is 5.69 Å². The van der Waals surface area contributed by atoms with Crippen LogP contribution in [0.25, 0.3) is 75.4 Å². The maximum atomic E-state index is 6.01. The molecule has 0 saturated carbocycles. The molecule has 3 heteroatoms. The highest BCUT2D eigenvalue weighted by Crippen LogP contribution is 2.41. The summed E-state index contributed by atoms with van der Waals surface area (Å²) in [6.45, 7) is 0. The number of aromatic nitrogens is 1. The predicted octanol–water partition coefficient (Wildman–Crippen LogP) is 9.84. The zero-order valence-electron chi connectivity index (χ0n) is 19.2. The number of hydrogen-bond donors (Lipinski definition) is 0. The Morgan fingerprint density at radius 2 is 1.14 bits per heavy atom. The fourth-order valence-corrected chi connectivity index (χ4v) is 6.48. The third-order valence-corrected chi connectivity index (χ3v) is 8.17. The molecule has 3 aromatic heterocycles. The van der Waals surface area contributed by atoms with E-state index in [-0.39, 0.29) is 0 Å². The van der Waals surface area contributed by atoms with Crippen molar-refractivity contribution in [3.8, 4) is 22.4 Å². The van der Waals surface area contributed by atoms with Gasteiger partial charge in [0.25, 0.3) is 0 Å². The Kier molecular flexibility index (Phi) is 4.13.